The van der Waals surface area contributed by atoms with Crippen molar-refractivity contribution in [3.63, 3.8) is 0 Å². The summed E-state index contributed by atoms with van der Waals surface area (Å²) in [6, 6.07) is 7.51. The average molecular weight is 151 g/mol. The highest BCUT2D eigenvalue weighted by molar-refractivity contribution is 5.28. The van der Waals surface area contributed by atoms with Crippen LogP contribution in [0.5, 0.6) is 5.75 Å². The summed E-state index contributed by atoms with van der Waals surface area (Å²) in [6.45, 7) is 4.04. The highest BCUT2D eigenvalue weighted by Crippen LogP contribution is 2.10. The first kappa shape index (κ1) is 8.08. The van der Waals surface area contributed by atoms with Gasteiger partial charge in [0.1, 0.15) is 5.75 Å². The number of benzene rings is 1. The standard InChI is InChI=1S/C9H11O2/c1-8-3-5-9(6-4-8)11-7-10-2/h3-6H,1,7H2,2H3. The zero-order valence-corrected chi connectivity index (χ0v) is 6.54. The van der Waals surface area contributed by atoms with Gasteiger partial charge in [0.05, 0.1) is 0 Å². The van der Waals surface area contributed by atoms with Crippen LogP contribution < -0.4 is 4.74 Å². The monoisotopic (exact) mass is 151 g/mol. The first-order chi connectivity index (χ1) is 5.33. The smallest absolute Gasteiger partial charge is 0.188 e. The Morgan fingerprint density at radius 3 is 2.45 bits per heavy atom. The van der Waals surface area contributed by atoms with E-state index in [0.29, 0.717) is 0 Å². The molecule has 2 nitrogen and oxygen atoms in total. The summed E-state index contributed by atoms with van der Waals surface area (Å²) in [7, 11) is 1.59. The van der Waals surface area contributed by atoms with Crippen molar-refractivity contribution in [2.75, 3.05) is 13.9 Å². The minimum atomic E-state index is 0.288. The molecule has 0 aromatic heterocycles. The predicted molar refractivity (Wildman–Crippen MR) is 43.4 cm³/mol. The lowest BCUT2D eigenvalue weighted by Crippen LogP contribution is -1.98. The van der Waals surface area contributed by atoms with Crippen molar-refractivity contribution in [3.8, 4) is 5.75 Å². The van der Waals surface area contributed by atoms with Crippen molar-refractivity contribution < 1.29 is 9.47 Å². The second-order valence-electron chi connectivity index (χ2n) is 2.19. The summed E-state index contributed by atoms with van der Waals surface area (Å²) in [4.78, 5) is 0. The quantitative estimate of drug-likeness (QED) is 0.614. The van der Waals surface area contributed by atoms with Crippen LogP contribution in [0.3, 0.4) is 0 Å². The van der Waals surface area contributed by atoms with Crippen LogP contribution >= 0.6 is 0 Å². The van der Waals surface area contributed by atoms with E-state index >= 15 is 0 Å². The van der Waals surface area contributed by atoms with Gasteiger partial charge in [-0.15, -0.1) is 0 Å². The molecular formula is C9H11O2. The van der Waals surface area contributed by atoms with Crippen LogP contribution in [-0.2, 0) is 4.74 Å². The Morgan fingerprint density at radius 2 is 1.91 bits per heavy atom. The van der Waals surface area contributed by atoms with E-state index < -0.39 is 0 Å². The summed E-state index contributed by atoms with van der Waals surface area (Å²) in [5, 5.41) is 0. The van der Waals surface area contributed by atoms with E-state index in [1.807, 2.05) is 24.3 Å². The molecule has 0 saturated heterocycles. The average Bonchev–Trinajstić information content (AvgIpc) is 2.04. The maximum atomic E-state index is 5.16. The minimum Gasteiger partial charge on any atom is -0.468 e. The molecule has 0 heterocycles. The van der Waals surface area contributed by atoms with Crippen LogP contribution in [0.2, 0.25) is 0 Å². The van der Waals surface area contributed by atoms with E-state index in [0.717, 1.165) is 11.3 Å². The van der Waals surface area contributed by atoms with Gasteiger partial charge in [0.2, 0.25) is 0 Å². The van der Waals surface area contributed by atoms with Crippen LogP contribution in [0.1, 0.15) is 5.56 Å². The maximum Gasteiger partial charge on any atom is 0.188 e. The Labute approximate surface area is 66.8 Å². The highest BCUT2D eigenvalue weighted by atomic mass is 16.7. The Morgan fingerprint density at radius 1 is 1.27 bits per heavy atom. The summed E-state index contributed by atoms with van der Waals surface area (Å²) in [5.41, 5.74) is 0.981. The predicted octanol–water partition coefficient (Wildman–Crippen LogP) is 1.85. The molecule has 1 radical (unpaired) electrons. The highest BCUT2D eigenvalue weighted by Gasteiger charge is 1.89. The third-order valence-electron chi connectivity index (χ3n) is 1.27. The molecule has 59 valence electrons. The number of ether oxygens (including phenoxy) is 2. The second kappa shape index (κ2) is 3.98. The van der Waals surface area contributed by atoms with E-state index in [-0.39, 0.29) is 6.79 Å². The molecule has 1 aromatic rings. The summed E-state index contributed by atoms with van der Waals surface area (Å²) >= 11 is 0. The van der Waals surface area contributed by atoms with Crippen LogP contribution in [0.25, 0.3) is 0 Å². The summed E-state index contributed by atoms with van der Waals surface area (Å²) in [5.74, 6) is 0.805. The van der Waals surface area contributed by atoms with Crippen molar-refractivity contribution in [3.05, 3.63) is 36.8 Å². The van der Waals surface area contributed by atoms with Gasteiger partial charge < -0.3 is 9.47 Å². The summed E-state index contributed by atoms with van der Waals surface area (Å²) in [6.07, 6.45) is 0. The summed E-state index contributed by atoms with van der Waals surface area (Å²) < 4.78 is 9.90. The van der Waals surface area contributed by atoms with Crippen LogP contribution in [0.4, 0.5) is 0 Å². The van der Waals surface area contributed by atoms with Gasteiger partial charge in [-0.05, 0) is 24.6 Å². The lowest BCUT2D eigenvalue weighted by atomic mass is 10.2. The molecule has 0 saturated carbocycles. The number of hydrogen-bond donors (Lipinski definition) is 0. The molecule has 0 bridgehead atoms. The van der Waals surface area contributed by atoms with Crippen molar-refractivity contribution in [1.82, 2.24) is 0 Å². The Kier molecular flexibility index (Phi) is 2.93. The van der Waals surface area contributed by atoms with Gasteiger partial charge in [0.25, 0.3) is 0 Å². The molecule has 11 heavy (non-hydrogen) atoms. The minimum absolute atomic E-state index is 0.288. The molecule has 1 rings (SSSR count). The Bertz CT molecular complexity index is 203. The Balaban J connectivity index is 2.52. The van der Waals surface area contributed by atoms with Crippen molar-refractivity contribution in [2.45, 2.75) is 0 Å². The normalized spacial score (nSPS) is 9.64. The maximum absolute atomic E-state index is 5.16. The van der Waals surface area contributed by atoms with Crippen molar-refractivity contribution in [1.29, 1.82) is 0 Å². The fraction of sp³-hybridized carbons (Fsp3) is 0.222. The van der Waals surface area contributed by atoms with Gasteiger partial charge in [-0.2, -0.15) is 0 Å². The van der Waals surface area contributed by atoms with Crippen LogP contribution in [0.15, 0.2) is 24.3 Å². The Hall–Kier alpha value is -1.02. The number of hydrogen-bond acceptors (Lipinski definition) is 2. The third-order valence-corrected chi connectivity index (χ3v) is 1.27. The van der Waals surface area contributed by atoms with E-state index in [9.17, 15) is 0 Å². The fourth-order valence-corrected chi connectivity index (χ4v) is 0.713. The van der Waals surface area contributed by atoms with E-state index in [2.05, 4.69) is 6.92 Å². The van der Waals surface area contributed by atoms with Gasteiger partial charge in [-0.3, -0.25) is 0 Å². The molecule has 0 aliphatic heterocycles. The molecule has 0 amide bonds. The largest absolute Gasteiger partial charge is 0.468 e. The zero-order chi connectivity index (χ0) is 8.10. The SMILES string of the molecule is [CH2]c1ccc(OCOC)cc1. The van der Waals surface area contributed by atoms with Gasteiger partial charge >= 0.3 is 0 Å². The zero-order valence-electron chi connectivity index (χ0n) is 6.54. The topological polar surface area (TPSA) is 18.5 Å². The molecule has 1 aromatic carbocycles. The molecule has 0 aliphatic carbocycles. The molecule has 0 unspecified atom stereocenters. The number of rotatable bonds is 3. The van der Waals surface area contributed by atoms with Gasteiger partial charge in [0, 0.05) is 7.11 Å². The van der Waals surface area contributed by atoms with Gasteiger partial charge in [-0.25, -0.2) is 0 Å². The van der Waals surface area contributed by atoms with Crippen molar-refractivity contribution >= 4 is 0 Å². The molecule has 0 fully saturated rings. The fourth-order valence-electron chi connectivity index (χ4n) is 0.713. The van der Waals surface area contributed by atoms with Crippen LogP contribution in [-0.4, -0.2) is 13.9 Å². The molecule has 0 atom stereocenters. The van der Waals surface area contributed by atoms with E-state index in [4.69, 9.17) is 9.47 Å². The molecular weight excluding hydrogens is 140 g/mol. The lowest BCUT2D eigenvalue weighted by Gasteiger charge is -2.03. The lowest BCUT2D eigenvalue weighted by molar-refractivity contribution is 0.0511. The molecule has 2 heteroatoms. The third kappa shape index (κ3) is 2.60. The molecule has 0 spiro atoms. The first-order valence-electron chi connectivity index (χ1n) is 3.36. The second-order valence-corrected chi connectivity index (χ2v) is 2.19. The van der Waals surface area contributed by atoms with Crippen molar-refractivity contribution in [2.24, 2.45) is 0 Å². The van der Waals surface area contributed by atoms with E-state index in [1.54, 1.807) is 7.11 Å². The molecule has 0 N–H and O–H groups in total. The number of methoxy groups -OCH3 is 1. The van der Waals surface area contributed by atoms with Gasteiger partial charge in [0.15, 0.2) is 6.79 Å². The van der Waals surface area contributed by atoms with E-state index in [1.165, 1.54) is 0 Å². The first-order valence-corrected chi connectivity index (χ1v) is 3.36. The molecule has 0 aliphatic rings. The van der Waals surface area contributed by atoms with Crippen LogP contribution in [0, 0.1) is 6.92 Å². The van der Waals surface area contributed by atoms with Gasteiger partial charge in [-0.1, -0.05) is 12.1 Å².